The van der Waals surface area contributed by atoms with Crippen LogP contribution in [0.2, 0.25) is 0 Å². The van der Waals surface area contributed by atoms with Crippen LogP contribution in [-0.4, -0.2) is 77.8 Å². The summed E-state index contributed by atoms with van der Waals surface area (Å²) >= 11 is 0. The van der Waals surface area contributed by atoms with Crippen LogP contribution in [0.25, 0.3) is 5.76 Å². The highest BCUT2D eigenvalue weighted by Gasteiger charge is 2.47. The van der Waals surface area contributed by atoms with Crippen LogP contribution in [0.4, 0.5) is 0 Å². The number of likely N-dealkylation sites (N-methyl/N-ethyl adjacent to an activating group) is 1. The van der Waals surface area contributed by atoms with Gasteiger partial charge < -0.3 is 24.4 Å². The number of benzene rings is 1. The fraction of sp³-hybridized carbons (Fsp3) is 0.435. The standard InChI is InChI=1S/C23H30N4O5/c1-13-18(14(2)26(5)24-13)21(28)19-20(16-12-15(31-6)8-9-17(16)32-7)27(11-10-25(3)4)23(30)22(19)29/h8-9,12,20,28H,10-11H2,1-7H3. The highest BCUT2D eigenvalue weighted by atomic mass is 16.5. The largest absolute Gasteiger partial charge is 0.507 e. The molecule has 0 bridgehead atoms. The monoisotopic (exact) mass is 442 g/mol. The van der Waals surface area contributed by atoms with E-state index in [9.17, 15) is 14.7 Å². The topological polar surface area (TPSA) is 97.1 Å². The maximum Gasteiger partial charge on any atom is 0.295 e. The Labute approximate surface area is 187 Å². The minimum Gasteiger partial charge on any atom is -0.507 e. The molecule has 1 aromatic heterocycles. The van der Waals surface area contributed by atoms with Crippen LogP contribution in [0.3, 0.4) is 0 Å². The molecule has 1 saturated heterocycles. The summed E-state index contributed by atoms with van der Waals surface area (Å²) in [7, 11) is 8.60. The normalized spacial score (nSPS) is 18.0. The average Bonchev–Trinajstić information content (AvgIpc) is 3.16. The first-order valence-electron chi connectivity index (χ1n) is 10.3. The number of hydrogen-bond donors (Lipinski definition) is 1. The molecule has 9 nitrogen and oxygen atoms in total. The predicted molar refractivity (Wildman–Crippen MR) is 120 cm³/mol. The minimum atomic E-state index is -0.834. The van der Waals surface area contributed by atoms with Crippen molar-refractivity contribution in [3.63, 3.8) is 0 Å². The summed E-state index contributed by atoms with van der Waals surface area (Å²) in [5, 5.41) is 15.7. The number of rotatable bonds is 7. The number of likely N-dealkylation sites (tertiary alicyclic amines) is 1. The van der Waals surface area contributed by atoms with Gasteiger partial charge in [-0.2, -0.15) is 5.10 Å². The van der Waals surface area contributed by atoms with E-state index < -0.39 is 17.7 Å². The number of carbonyl (C=O) groups is 2. The van der Waals surface area contributed by atoms with Crippen LogP contribution >= 0.6 is 0 Å². The molecule has 9 heteroatoms. The second kappa shape index (κ2) is 9.04. The Hall–Kier alpha value is -3.33. The van der Waals surface area contributed by atoms with Crippen LogP contribution in [0.15, 0.2) is 23.8 Å². The van der Waals surface area contributed by atoms with E-state index in [4.69, 9.17) is 9.47 Å². The van der Waals surface area contributed by atoms with Crippen LogP contribution in [0.1, 0.15) is 28.6 Å². The Kier molecular flexibility index (Phi) is 6.59. The number of Topliss-reactive ketones (excluding diaryl/α,β-unsaturated/α-hetero) is 1. The number of ketones is 1. The van der Waals surface area contributed by atoms with E-state index in [1.54, 1.807) is 43.8 Å². The second-order valence-electron chi connectivity index (χ2n) is 8.07. The molecule has 1 N–H and O–H groups in total. The zero-order chi connectivity index (χ0) is 23.7. The average molecular weight is 443 g/mol. The molecule has 3 rings (SSSR count). The quantitative estimate of drug-likeness (QED) is 0.398. The molecule has 1 aliphatic rings. The van der Waals surface area contributed by atoms with Crippen LogP contribution in [0, 0.1) is 13.8 Å². The lowest BCUT2D eigenvalue weighted by molar-refractivity contribution is -0.140. The van der Waals surface area contributed by atoms with E-state index in [-0.39, 0.29) is 11.3 Å². The number of aliphatic hydroxyl groups excluding tert-OH is 1. The van der Waals surface area contributed by atoms with Gasteiger partial charge in [0.25, 0.3) is 11.7 Å². The first-order chi connectivity index (χ1) is 15.1. The maximum absolute atomic E-state index is 13.2. The minimum absolute atomic E-state index is 0.0134. The first kappa shape index (κ1) is 23.3. The molecule has 0 aliphatic carbocycles. The van der Waals surface area contributed by atoms with E-state index >= 15 is 0 Å². The zero-order valence-corrected chi connectivity index (χ0v) is 19.6. The molecule has 2 aromatic rings. The molecule has 1 aromatic carbocycles. The molecule has 1 aliphatic heterocycles. The molecule has 1 fully saturated rings. The molecule has 32 heavy (non-hydrogen) atoms. The van der Waals surface area contributed by atoms with Gasteiger partial charge in [0.15, 0.2) is 0 Å². The number of aliphatic hydroxyl groups is 1. The summed E-state index contributed by atoms with van der Waals surface area (Å²) in [4.78, 5) is 29.7. The fourth-order valence-corrected chi connectivity index (χ4v) is 4.05. The number of ether oxygens (including phenoxy) is 2. The van der Waals surface area contributed by atoms with Gasteiger partial charge in [-0.05, 0) is 46.1 Å². The summed E-state index contributed by atoms with van der Waals surface area (Å²) in [6, 6.07) is 4.36. The van der Waals surface area contributed by atoms with Gasteiger partial charge in [0.05, 0.1) is 37.1 Å². The van der Waals surface area contributed by atoms with E-state index in [1.807, 2.05) is 19.0 Å². The molecule has 1 atom stereocenters. The molecular formula is C23H30N4O5. The SMILES string of the molecule is COc1ccc(OC)c(C2C(=C(O)c3c(C)nn(C)c3C)C(=O)C(=O)N2CCN(C)C)c1. The zero-order valence-electron chi connectivity index (χ0n) is 19.6. The third-order valence-electron chi connectivity index (χ3n) is 5.81. The number of aryl methyl sites for hydroxylation is 2. The number of hydrogen-bond acceptors (Lipinski definition) is 7. The van der Waals surface area contributed by atoms with Crippen molar-refractivity contribution in [3.8, 4) is 11.5 Å². The molecule has 172 valence electrons. The van der Waals surface area contributed by atoms with Crippen LogP contribution < -0.4 is 9.47 Å². The Morgan fingerprint density at radius 1 is 1.19 bits per heavy atom. The summed E-state index contributed by atoms with van der Waals surface area (Å²) in [6.07, 6.45) is 0. The molecule has 2 heterocycles. The molecule has 1 unspecified atom stereocenters. The lowest BCUT2D eigenvalue weighted by atomic mass is 9.94. The summed E-state index contributed by atoms with van der Waals surface area (Å²) in [5.41, 5.74) is 2.28. The van der Waals surface area contributed by atoms with Gasteiger partial charge >= 0.3 is 0 Å². The van der Waals surface area contributed by atoms with Gasteiger partial charge in [0.2, 0.25) is 0 Å². The van der Waals surface area contributed by atoms with Gasteiger partial charge in [-0.15, -0.1) is 0 Å². The highest BCUT2D eigenvalue weighted by molar-refractivity contribution is 6.46. The maximum atomic E-state index is 13.2. The van der Waals surface area contributed by atoms with Crippen molar-refractivity contribution < 1.29 is 24.2 Å². The predicted octanol–water partition coefficient (Wildman–Crippen LogP) is 2.04. The molecule has 0 radical (unpaired) electrons. The number of aromatic nitrogens is 2. The van der Waals surface area contributed by atoms with Crippen molar-refractivity contribution >= 4 is 17.4 Å². The number of carbonyl (C=O) groups excluding carboxylic acids is 2. The number of amides is 1. The summed E-state index contributed by atoms with van der Waals surface area (Å²) < 4.78 is 12.6. The first-order valence-corrected chi connectivity index (χ1v) is 10.3. The van der Waals surface area contributed by atoms with Crippen molar-refractivity contribution in [2.75, 3.05) is 41.4 Å². The van der Waals surface area contributed by atoms with E-state index in [2.05, 4.69) is 5.10 Å². The lowest BCUT2D eigenvalue weighted by Gasteiger charge is -2.28. The highest BCUT2D eigenvalue weighted by Crippen LogP contribution is 2.44. The molecule has 0 spiro atoms. The Morgan fingerprint density at radius 3 is 2.41 bits per heavy atom. The van der Waals surface area contributed by atoms with Gasteiger partial charge in [0, 0.05) is 31.4 Å². The lowest BCUT2D eigenvalue weighted by Crippen LogP contribution is -2.35. The van der Waals surface area contributed by atoms with Crippen molar-refractivity contribution in [2.24, 2.45) is 7.05 Å². The van der Waals surface area contributed by atoms with E-state index in [0.717, 1.165) is 0 Å². The van der Waals surface area contributed by atoms with Crippen molar-refractivity contribution in [1.29, 1.82) is 0 Å². The van der Waals surface area contributed by atoms with E-state index in [0.29, 0.717) is 47.1 Å². The Balaban J connectivity index is 2.30. The Morgan fingerprint density at radius 2 is 1.88 bits per heavy atom. The van der Waals surface area contributed by atoms with Gasteiger partial charge in [-0.25, -0.2) is 0 Å². The fourth-order valence-electron chi connectivity index (χ4n) is 4.05. The van der Waals surface area contributed by atoms with Crippen molar-refractivity contribution in [2.45, 2.75) is 19.9 Å². The van der Waals surface area contributed by atoms with Crippen molar-refractivity contribution in [3.05, 3.63) is 46.3 Å². The molecule has 1 amide bonds. The molecule has 0 saturated carbocycles. The second-order valence-corrected chi connectivity index (χ2v) is 8.07. The smallest absolute Gasteiger partial charge is 0.295 e. The summed E-state index contributed by atoms with van der Waals surface area (Å²) in [5.74, 6) is -0.610. The van der Waals surface area contributed by atoms with Crippen molar-refractivity contribution in [1.82, 2.24) is 19.6 Å². The van der Waals surface area contributed by atoms with Gasteiger partial charge in [-0.3, -0.25) is 14.3 Å². The number of nitrogens with zero attached hydrogens (tertiary/aromatic N) is 4. The third-order valence-corrected chi connectivity index (χ3v) is 5.81. The van der Waals surface area contributed by atoms with Gasteiger partial charge in [-0.1, -0.05) is 0 Å². The molecular weight excluding hydrogens is 412 g/mol. The van der Waals surface area contributed by atoms with E-state index in [1.165, 1.54) is 19.1 Å². The van der Waals surface area contributed by atoms with Gasteiger partial charge in [0.1, 0.15) is 17.3 Å². The third kappa shape index (κ3) is 3.95. The van der Waals surface area contributed by atoms with Crippen LogP contribution in [0.5, 0.6) is 11.5 Å². The summed E-state index contributed by atoms with van der Waals surface area (Å²) in [6.45, 7) is 4.40. The number of methoxy groups -OCH3 is 2. The van der Waals surface area contributed by atoms with Crippen LogP contribution in [-0.2, 0) is 16.6 Å². The Bertz CT molecular complexity index is 1090.